The molecule has 134 valence electrons. The lowest BCUT2D eigenvalue weighted by Crippen LogP contribution is -2.40. The molecule has 2 aromatic rings. The van der Waals surface area contributed by atoms with Crippen LogP contribution in [0.4, 0.5) is 5.69 Å². The Bertz CT molecular complexity index is 779. The zero-order valence-electron chi connectivity index (χ0n) is 14.5. The molecule has 0 aliphatic rings. The molecule has 0 saturated carbocycles. The van der Waals surface area contributed by atoms with E-state index in [4.69, 9.17) is 9.15 Å². The highest BCUT2D eigenvalue weighted by atomic mass is 16.5. The normalized spacial score (nSPS) is 11.7. The number of amides is 2. The van der Waals surface area contributed by atoms with Crippen LogP contribution in [0.2, 0.25) is 0 Å². The van der Waals surface area contributed by atoms with Crippen molar-refractivity contribution in [1.29, 1.82) is 0 Å². The van der Waals surface area contributed by atoms with Crippen molar-refractivity contribution in [2.75, 3.05) is 11.9 Å². The Balaban J connectivity index is 1.82. The van der Waals surface area contributed by atoms with Crippen molar-refractivity contribution >= 4 is 23.5 Å². The van der Waals surface area contributed by atoms with Gasteiger partial charge in [-0.3, -0.25) is 14.3 Å². The molecule has 0 spiro atoms. The lowest BCUT2D eigenvalue weighted by Gasteiger charge is -2.12. The number of carbonyl (C=O) groups is 3. The van der Waals surface area contributed by atoms with E-state index in [0.717, 1.165) is 5.69 Å². The van der Waals surface area contributed by atoms with Crippen LogP contribution >= 0.6 is 0 Å². The predicted molar refractivity (Wildman–Crippen MR) is 87.9 cm³/mol. The maximum Gasteiger partial charge on any atom is 0.328 e. The van der Waals surface area contributed by atoms with Gasteiger partial charge in [0, 0.05) is 7.05 Å². The number of hydrogen-bond acceptors (Lipinski definition) is 6. The predicted octanol–water partition coefficient (Wildman–Crippen LogP) is 0.930. The van der Waals surface area contributed by atoms with Crippen LogP contribution in [0.1, 0.15) is 28.9 Å². The van der Waals surface area contributed by atoms with Crippen LogP contribution in [0, 0.1) is 13.8 Å². The number of furan rings is 1. The van der Waals surface area contributed by atoms with Crippen molar-refractivity contribution in [1.82, 2.24) is 15.1 Å². The number of aryl methyl sites for hydroxylation is 2. The number of nitrogens with zero attached hydrogens (tertiary/aromatic N) is 2. The van der Waals surface area contributed by atoms with Gasteiger partial charge >= 0.3 is 5.97 Å². The second-order valence-corrected chi connectivity index (χ2v) is 5.50. The van der Waals surface area contributed by atoms with Crippen LogP contribution in [0.15, 0.2) is 22.8 Å². The lowest BCUT2D eigenvalue weighted by atomic mass is 10.3. The molecule has 2 heterocycles. The molecule has 2 aromatic heterocycles. The van der Waals surface area contributed by atoms with Crippen molar-refractivity contribution in [3.8, 4) is 0 Å². The summed E-state index contributed by atoms with van der Waals surface area (Å²) >= 11 is 0. The van der Waals surface area contributed by atoms with E-state index >= 15 is 0 Å². The first-order chi connectivity index (χ1) is 11.8. The summed E-state index contributed by atoms with van der Waals surface area (Å²) in [6.45, 7) is 4.57. The van der Waals surface area contributed by atoms with Gasteiger partial charge in [-0.25, -0.2) is 4.79 Å². The third-order valence-corrected chi connectivity index (χ3v) is 3.57. The van der Waals surface area contributed by atoms with Crippen LogP contribution in [-0.4, -0.2) is 40.2 Å². The topological polar surface area (TPSA) is 115 Å². The molecule has 0 fully saturated rings. The van der Waals surface area contributed by atoms with E-state index in [2.05, 4.69) is 15.7 Å². The van der Waals surface area contributed by atoms with Gasteiger partial charge in [-0.15, -0.1) is 0 Å². The SMILES string of the molecule is Cc1nn(C)c(C)c1NC(=O)COC(=O)[C@H](C)NC(=O)c1ccco1. The lowest BCUT2D eigenvalue weighted by molar-refractivity contribution is -0.148. The van der Waals surface area contributed by atoms with E-state index in [9.17, 15) is 14.4 Å². The minimum atomic E-state index is -0.924. The third kappa shape index (κ3) is 4.46. The summed E-state index contributed by atoms with van der Waals surface area (Å²) in [5.74, 6) is -1.67. The monoisotopic (exact) mass is 348 g/mol. The van der Waals surface area contributed by atoms with Gasteiger partial charge in [0.1, 0.15) is 6.04 Å². The summed E-state index contributed by atoms with van der Waals surface area (Å²) < 4.78 is 11.5. The van der Waals surface area contributed by atoms with Gasteiger partial charge in [0.25, 0.3) is 11.8 Å². The van der Waals surface area contributed by atoms with E-state index in [-0.39, 0.29) is 5.76 Å². The number of esters is 1. The van der Waals surface area contributed by atoms with E-state index < -0.39 is 30.4 Å². The molecule has 0 aliphatic carbocycles. The molecule has 25 heavy (non-hydrogen) atoms. The number of ether oxygens (including phenoxy) is 1. The molecule has 0 saturated heterocycles. The fraction of sp³-hybridized carbons (Fsp3) is 0.375. The molecule has 0 bridgehead atoms. The number of hydrogen-bond donors (Lipinski definition) is 2. The smallest absolute Gasteiger partial charge is 0.328 e. The zero-order valence-corrected chi connectivity index (χ0v) is 14.5. The molecule has 0 radical (unpaired) electrons. The first kappa shape index (κ1) is 18.2. The Morgan fingerprint density at radius 3 is 2.64 bits per heavy atom. The number of rotatable bonds is 6. The number of anilines is 1. The van der Waals surface area contributed by atoms with Crippen molar-refractivity contribution in [3.05, 3.63) is 35.5 Å². The third-order valence-electron chi connectivity index (χ3n) is 3.57. The summed E-state index contributed by atoms with van der Waals surface area (Å²) in [5.41, 5.74) is 2.04. The van der Waals surface area contributed by atoms with Crippen LogP contribution in [0.3, 0.4) is 0 Å². The maximum absolute atomic E-state index is 11.9. The van der Waals surface area contributed by atoms with Gasteiger partial charge in [-0.05, 0) is 32.9 Å². The van der Waals surface area contributed by atoms with Gasteiger partial charge in [-0.1, -0.05) is 0 Å². The maximum atomic E-state index is 11.9. The van der Waals surface area contributed by atoms with Crippen molar-refractivity contribution in [2.24, 2.45) is 7.05 Å². The average molecular weight is 348 g/mol. The van der Waals surface area contributed by atoms with Gasteiger partial charge in [0.2, 0.25) is 0 Å². The molecule has 0 unspecified atom stereocenters. The minimum absolute atomic E-state index is 0.0833. The number of nitrogens with one attached hydrogen (secondary N) is 2. The van der Waals surface area contributed by atoms with Gasteiger partial charge < -0.3 is 19.8 Å². The van der Waals surface area contributed by atoms with E-state index in [1.165, 1.54) is 19.3 Å². The zero-order chi connectivity index (χ0) is 18.6. The highest BCUT2D eigenvalue weighted by molar-refractivity contribution is 5.96. The van der Waals surface area contributed by atoms with Crippen LogP contribution in [-0.2, 0) is 21.4 Å². The second-order valence-electron chi connectivity index (χ2n) is 5.50. The molecule has 0 aliphatic heterocycles. The van der Waals surface area contributed by atoms with Gasteiger partial charge in [0.15, 0.2) is 12.4 Å². The standard InChI is InChI=1S/C16H20N4O5/c1-9-14(11(3)20(4)19-9)18-13(21)8-25-16(23)10(2)17-15(22)12-6-5-7-24-12/h5-7,10H,8H2,1-4H3,(H,17,22)(H,18,21)/t10-/m0/s1. The van der Waals surface area contributed by atoms with Crippen LogP contribution < -0.4 is 10.6 Å². The summed E-state index contributed by atoms with van der Waals surface area (Å²) in [7, 11) is 1.77. The Labute approximate surface area is 144 Å². The van der Waals surface area contributed by atoms with E-state index in [1.807, 2.05) is 6.92 Å². The van der Waals surface area contributed by atoms with Crippen molar-refractivity contribution < 1.29 is 23.5 Å². The summed E-state index contributed by atoms with van der Waals surface area (Å²) in [6.07, 6.45) is 1.35. The van der Waals surface area contributed by atoms with E-state index in [1.54, 1.807) is 24.7 Å². The first-order valence-corrected chi connectivity index (χ1v) is 7.60. The highest BCUT2D eigenvalue weighted by Crippen LogP contribution is 2.17. The average Bonchev–Trinajstić information content (AvgIpc) is 3.17. The number of aromatic nitrogens is 2. The molecule has 2 N–H and O–H groups in total. The Hall–Kier alpha value is -3.10. The summed E-state index contributed by atoms with van der Waals surface area (Å²) in [4.78, 5) is 35.6. The molecule has 9 nitrogen and oxygen atoms in total. The second kappa shape index (κ2) is 7.65. The van der Waals surface area contributed by atoms with Gasteiger partial charge in [0.05, 0.1) is 23.3 Å². The minimum Gasteiger partial charge on any atom is -0.459 e. The first-order valence-electron chi connectivity index (χ1n) is 7.60. The fourth-order valence-corrected chi connectivity index (χ4v) is 2.13. The highest BCUT2D eigenvalue weighted by Gasteiger charge is 2.21. The summed E-state index contributed by atoms with van der Waals surface area (Å²) in [5, 5.41) is 9.26. The molecule has 1 atom stereocenters. The van der Waals surface area contributed by atoms with Crippen molar-refractivity contribution in [3.63, 3.8) is 0 Å². The Morgan fingerprint density at radius 2 is 2.08 bits per heavy atom. The van der Waals surface area contributed by atoms with Gasteiger partial charge in [-0.2, -0.15) is 5.10 Å². The molecule has 9 heteroatoms. The Morgan fingerprint density at radius 1 is 1.36 bits per heavy atom. The quantitative estimate of drug-likeness (QED) is 0.750. The van der Waals surface area contributed by atoms with Crippen molar-refractivity contribution in [2.45, 2.75) is 26.8 Å². The Kier molecular flexibility index (Phi) is 5.58. The van der Waals surface area contributed by atoms with Crippen LogP contribution in [0.5, 0.6) is 0 Å². The largest absolute Gasteiger partial charge is 0.459 e. The molecular weight excluding hydrogens is 328 g/mol. The summed E-state index contributed by atoms with van der Waals surface area (Å²) in [6, 6.07) is 2.11. The van der Waals surface area contributed by atoms with E-state index in [0.29, 0.717) is 11.4 Å². The number of carbonyl (C=O) groups excluding carboxylic acids is 3. The molecule has 2 rings (SSSR count). The molecule has 2 amide bonds. The molecular formula is C16H20N4O5. The van der Waals surface area contributed by atoms with Crippen LogP contribution in [0.25, 0.3) is 0 Å². The molecule has 0 aromatic carbocycles. The fourth-order valence-electron chi connectivity index (χ4n) is 2.13.